The van der Waals surface area contributed by atoms with Crippen LogP contribution in [0, 0.1) is 5.41 Å². The van der Waals surface area contributed by atoms with E-state index in [4.69, 9.17) is 5.73 Å². The molecule has 2 amide bonds. The normalized spacial score (nSPS) is 11.4. The number of aryl methyl sites for hydroxylation is 1. The van der Waals surface area contributed by atoms with E-state index in [9.17, 15) is 9.90 Å². The van der Waals surface area contributed by atoms with Crippen LogP contribution in [0.2, 0.25) is 0 Å². The lowest BCUT2D eigenvalue weighted by molar-refractivity contribution is 0.142. The SMILES string of the molecule is CC(C)(CO)CCCN(CCCc1ccccc1)C(N)=O. The number of amides is 2. The summed E-state index contributed by atoms with van der Waals surface area (Å²) < 4.78 is 0. The van der Waals surface area contributed by atoms with Crippen molar-refractivity contribution < 1.29 is 9.90 Å². The highest BCUT2D eigenvalue weighted by Crippen LogP contribution is 2.21. The number of urea groups is 1. The summed E-state index contributed by atoms with van der Waals surface area (Å²) in [4.78, 5) is 13.2. The number of rotatable bonds is 9. The van der Waals surface area contributed by atoms with Gasteiger partial charge in [-0.25, -0.2) is 4.79 Å². The Hall–Kier alpha value is -1.55. The predicted octanol–water partition coefficient (Wildman–Crippen LogP) is 2.80. The number of primary amides is 1. The average Bonchev–Trinajstić information content (AvgIpc) is 2.46. The van der Waals surface area contributed by atoms with Crippen LogP contribution >= 0.6 is 0 Å². The van der Waals surface area contributed by atoms with Crippen molar-refractivity contribution in [3.8, 4) is 0 Å². The van der Waals surface area contributed by atoms with Crippen LogP contribution < -0.4 is 5.73 Å². The van der Waals surface area contributed by atoms with Crippen molar-refractivity contribution in [1.29, 1.82) is 0 Å². The summed E-state index contributed by atoms with van der Waals surface area (Å²) in [6, 6.07) is 9.89. The maximum Gasteiger partial charge on any atom is 0.314 e. The maximum atomic E-state index is 11.5. The molecule has 4 nitrogen and oxygen atoms in total. The Balaban J connectivity index is 2.32. The van der Waals surface area contributed by atoms with Gasteiger partial charge >= 0.3 is 6.03 Å². The number of hydrogen-bond acceptors (Lipinski definition) is 2. The second-order valence-electron chi connectivity index (χ2n) is 6.34. The van der Waals surface area contributed by atoms with Crippen molar-refractivity contribution in [2.75, 3.05) is 19.7 Å². The molecule has 0 radical (unpaired) electrons. The molecule has 3 N–H and O–H groups in total. The van der Waals surface area contributed by atoms with Gasteiger partial charge in [0.2, 0.25) is 0 Å². The molecule has 4 heteroatoms. The highest BCUT2D eigenvalue weighted by Gasteiger charge is 2.17. The molecule has 0 aromatic heterocycles. The molecule has 0 aliphatic carbocycles. The largest absolute Gasteiger partial charge is 0.396 e. The Kier molecular flexibility index (Phi) is 7.23. The van der Waals surface area contributed by atoms with Crippen LogP contribution in [0.3, 0.4) is 0 Å². The summed E-state index contributed by atoms with van der Waals surface area (Å²) in [7, 11) is 0. The monoisotopic (exact) mass is 292 g/mol. The van der Waals surface area contributed by atoms with Crippen molar-refractivity contribution in [2.45, 2.75) is 39.5 Å². The van der Waals surface area contributed by atoms with E-state index in [2.05, 4.69) is 12.1 Å². The highest BCUT2D eigenvalue weighted by molar-refractivity contribution is 5.71. The average molecular weight is 292 g/mol. The highest BCUT2D eigenvalue weighted by atomic mass is 16.3. The summed E-state index contributed by atoms with van der Waals surface area (Å²) in [5.74, 6) is 0. The molecule has 0 heterocycles. The number of benzene rings is 1. The van der Waals surface area contributed by atoms with E-state index in [1.807, 2.05) is 32.0 Å². The molecule has 21 heavy (non-hydrogen) atoms. The third kappa shape index (κ3) is 7.14. The number of hydrogen-bond donors (Lipinski definition) is 2. The fourth-order valence-corrected chi connectivity index (χ4v) is 2.28. The first kappa shape index (κ1) is 17.5. The summed E-state index contributed by atoms with van der Waals surface area (Å²) in [5.41, 5.74) is 6.63. The number of aliphatic hydroxyl groups is 1. The molecule has 1 aromatic rings. The number of nitrogens with two attached hydrogens (primary N) is 1. The lowest BCUT2D eigenvalue weighted by Crippen LogP contribution is -2.37. The number of carbonyl (C=O) groups is 1. The molecule has 0 saturated heterocycles. The van der Waals surface area contributed by atoms with Gasteiger partial charge in [-0.3, -0.25) is 0 Å². The van der Waals surface area contributed by atoms with Gasteiger partial charge in [0.05, 0.1) is 0 Å². The van der Waals surface area contributed by atoms with Gasteiger partial charge in [0.15, 0.2) is 0 Å². The molecule has 0 unspecified atom stereocenters. The van der Waals surface area contributed by atoms with Crippen LogP contribution in [0.25, 0.3) is 0 Å². The van der Waals surface area contributed by atoms with E-state index in [1.54, 1.807) is 4.90 Å². The lowest BCUT2D eigenvalue weighted by atomic mass is 9.89. The van der Waals surface area contributed by atoms with Gasteiger partial charge in [0, 0.05) is 19.7 Å². The summed E-state index contributed by atoms with van der Waals surface area (Å²) in [6.07, 6.45) is 3.61. The molecular weight excluding hydrogens is 264 g/mol. The smallest absolute Gasteiger partial charge is 0.314 e. The molecule has 0 fully saturated rings. The van der Waals surface area contributed by atoms with E-state index < -0.39 is 0 Å². The zero-order chi connectivity index (χ0) is 15.7. The molecule has 1 aromatic carbocycles. The number of carbonyl (C=O) groups excluding carboxylic acids is 1. The zero-order valence-electron chi connectivity index (χ0n) is 13.2. The molecule has 0 spiro atoms. The van der Waals surface area contributed by atoms with E-state index in [0.29, 0.717) is 13.1 Å². The summed E-state index contributed by atoms with van der Waals surface area (Å²) in [5, 5.41) is 9.23. The van der Waals surface area contributed by atoms with Crippen LogP contribution in [-0.4, -0.2) is 35.7 Å². The minimum absolute atomic E-state index is 0.0899. The van der Waals surface area contributed by atoms with Crippen molar-refractivity contribution in [1.82, 2.24) is 4.90 Å². The lowest BCUT2D eigenvalue weighted by Gasteiger charge is -2.25. The zero-order valence-corrected chi connectivity index (χ0v) is 13.2. The quantitative estimate of drug-likeness (QED) is 0.735. The molecule has 118 valence electrons. The number of nitrogens with zero attached hydrogens (tertiary/aromatic N) is 1. The van der Waals surface area contributed by atoms with Crippen molar-refractivity contribution in [2.24, 2.45) is 11.1 Å². The van der Waals surface area contributed by atoms with Gasteiger partial charge < -0.3 is 15.7 Å². The standard InChI is InChI=1S/C17H28N2O2/c1-17(2,14-20)11-7-13-19(16(18)21)12-6-10-15-8-4-3-5-9-15/h3-5,8-9,20H,6-7,10-14H2,1-2H3,(H2,18,21). The second-order valence-corrected chi connectivity index (χ2v) is 6.34. The van der Waals surface area contributed by atoms with Crippen molar-refractivity contribution in [3.63, 3.8) is 0 Å². The predicted molar refractivity (Wildman–Crippen MR) is 86.0 cm³/mol. The van der Waals surface area contributed by atoms with Crippen LogP contribution in [0.1, 0.15) is 38.7 Å². The fourth-order valence-electron chi connectivity index (χ4n) is 2.28. The van der Waals surface area contributed by atoms with Crippen LogP contribution in [-0.2, 0) is 6.42 Å². The Morgan fingerprint density at radius 3 is 2.38 bits per heavy atom. The van der Waals surface area contributed by atoms with Gasteiger partial charge in [-0.15, -0.1) is 0 Å². The maximum absolute atomic E-state index is 11.5. The molecule has 0 aliphatic rings. The molecule has 0 bridgehead atoms. The third-order valence-corrected chi connectivity index (χ3v) is 3.76. The Morgan fingerprint density at radius 1 is 1.19 bits per heavy atom. The van der Waals surface area contributed by atoms with E-state index >= 15 is 0 Å². The molecule has 0 saturated carbocycles. The second kappa shape index (κ2) is 8.67. The minimum atomic E-state index is -0.357. The summed E-state index contributed by atoms with van der Waals surface area (Å²) >= 11 is 0. The fraction of sp³-hybridized carbons (Fsp3) is 0.588. The van der Waals surface area contributed by atoms with E-state index in [-0.39, 0.29) is 18.1 Å². The Bertz CT molecular complexity index is 418. The van der Waals surface area contributed by atoms with Gasteiger partial charge in [0.1, 0.15) is 0 Å². The van der Waals surface area contributed by atoms with Gasteiger partial charge in [-0.05, 0) is 36.7 Å². The van der Waals surface area contributed by atoms with E-state index in [0.717, 1.165) is 25.7 Å². The van der Waals surface area contributed by atoms with Gasteiger partial charge in [0.25, 0.3) is 0 Å². The van der Waals surface area contributed by atoms with E-state index in [1.165, 1.54) is 5.56 Å². The van der Waals surface area contributed by atoms with Crippen molar-refractivity contribution >= 4 is 6.03 Å². The van der Waals surface area contributed by atoms with Crippen LogP contribution in [0.4, 0.5) is 4.79 Å². The number of aliphatic hydroxyl groups excluding tert-OH is 1. The minimum Gasteiger partial charge on any atom is -0.396 e. The molecule has 0 atom stereocenters. The van der Waals surface area contributed by atoms with Crippen molar-refractivity contribution in [3.05, 3.63) is 35.9 Å². The van der Waals surface area contributed by atoms with Gasteiger partial charge in [-0.1, -0.05) is 44.2 Å². The topological polar surface area (TPSA) is 66.6 Å². The first-order valence-electron chi connectivity index (χ1n) is 7.64. The van der Waals surface area contributed by atoms with Crippen LogP contribution in [0.5, 0.6) is 0 Å². The molecular formula is C17H28N2O2. The Morgan fingerprint density at radius 2 is 1.81 bits per heavy atom. The molecule has 0 aliphatic heterocycles. The van der Waals surface area contributed by atoms with Gasteiger partial charge in [-0.2, -0.15) is 0 Å². The third-order valence-electron chi connectivity index (χ3n) is 3.76. The summed E-state index contributed by atoms with van der Waals surface area (Å²) in [6.45, 7) is 5.56. The van der Waals surface area contributed by atoms with Crippen LogP contribution in [0.15, 0.2) is 30.3 Å². The first-order chi connectivity index (χ1) is 9.94. The Labute approximate surface area is 128 Å². The molecule has 1 rings (SSSR count). The first-order valence-corrected chi connectivity index (χ1v) is 7.64.